The molecule has 1 aliphatic rings. The second kappa shape index (κ2) is 6.15. The van der Waals surface area contributed by atoms with Gasteiger partial charge in [-0.15, -0.1) is 0 Å². The van der Waals surface area contributed by atoms with Crippen LogP contribution in [0.1, 0.15) is 45.5 Å². The average molecular weight is 284 g/mol. The standard InChI is InChI=1S/C13H24N4OS/c1-9(18-4)11-16-12(19-17-11)15-8-10-13(2,3)6-5-7-14-10/h9-10,14H,5-8H2,1-4H3,(H,15,16,17). The van der Waals surface area contributed by atoms with E-state index in [-0.39, 0.29) is 6.10 Å². The number of methoxy groups -OCH3 is 1. The molecular formula is C13H24N4OS. The van der Waals surface area contributed by atoms with E-state index in [0.717, 1.165) is 24.0 Å². The van der Waals surface area contributed by atoms with E-state index in [0.29, 0.717) is 11.5 Å². The van der Waals surface area contributed by atoms with Gasteiger partial charge < -0.3 is 15.4 Å². The lowest BCUT2D eigenvalue weighted by Gasteiger charge is -2.39. The van der Waals surface area contributed by atoms with Gasteiger partial charge in [0.2, 0.25) is 5.13 Å². The van der Waals surface area contributed by atoms with Gasteiger partial charge in [0.05, 0.1) is 0 Å². The Balaban J connectivity index is 1.89. The van der Waals surface area contributed by atoms with Crippen molar-refractivity contribution < 1.29 is 4.74 Å². The molecule has 6 heteroatoms. The van der Waals surface area contributed by atoms with Gasteiger partial charge in [0.15, 0.2) is 5.82 Å². The van der Waals surface area contributed by atoms with E-state index in [4.69, 9.17) is 4.74 Å². The van der Waals surface area contributed by atoms with E-state index in [9.17, 15) is 0 Å². The van der Waals surface area contributed by atoms with Crippen molar-refractivity contribution in [2.45, 2.75) is 45.8 Å². The molecule has 19 heavy (non-hydrogen) atoms. The van der Waals surface area contributed by atoms with Crippen LogP contribution in [0.5, 0.6) is 0 Å². The summed E-state index contributed by atoms with van der Waals surface area (Å²) in [6.45, 7) is 8.60. The van der Waals surface area contributed by atoms with Crippen molar-refractivity contribution in [1.82, 2.24) is 14.7 Å². The quantitative estimate of drug-likeness (QED) is 0.869. The summed E-state index contributed by atoms with van der Waals surface area (Å²) in [7, 11) is 1.67. The molecule has 0 amide bonds. The van der Waals surface area contributed by atoms with E-state index in [2.05, 4.69) is 33.8 Å². The number of anilines is 1. The summed E-state index contributed by atoms with van der Waals surface area (Å²) in [6, 6.07) is 0.480. The fourth-order valence-electron chi connectivity index (χ4n) is 2.39. The predicted octanol–water partition coefficient (Wildman–Crippen LogP) is 2.44. The van der Waals surface area contributed by atoms with Crippen molar-refractivity contribution >= 4 is 16.7 Å². The fourth-order valence-corrected chi connectivity index (χ4v) is 3.04. The summed E-state index contributed by atoms with van der Waals surface area (Å²) < 4.78 is 9.53. The van der Waals surface area contributed by atoms with Gasteiger partial charge in [-0.2, -0.15) is 4.37 Å². The van der Waals surface area contributed by atoms with Crippen LogP contribution in [0.3, 0.4) is 0 Å². The molecule has 2 atom stereocenters. The Labute approximate surface area is 119 Å². The molecule has 1 aromatic rings. The molecule has 2 N–H and O–H groups in total. The summed E-state index contributed by atoms with van der Waals surface area (Å²) in [6.07, 6.45) is 2.49. The lowest BCUT2D eigenvalue weighted by molar-refractivity contribution is 0.113. The first-order valence-electron chi connectivity index (χ1n) is 6.86. The van der Waals surface area contributed by atoms with Crippen LogP contribution in [-0.2, 0) is 4.74 Å². The van der Waals surface area contributed by atoms with Gasteiger partial charge in [-0.3, -0.25) is 0 Å². The molecule has 0 bridgehead atoms. The van der Waals surface area contributed by atoms with Crippen molar-refractivity contribution in [3.8, 4) is 0 Å². The van der Waals surface area contributed by atoms with Crippen LogP contribution in [-0.4, -0.2) is 35.6 Å². The molecule has 1 fully saturated rings. The number of hydrogen-bond acceptors (Lipinski definition) is 6. The minimum Gasteiger partial charge on any atom is -0.374 e. The number of nitrogens with one attached hydrogen (secondary N) is 2. The number of ether oxygens (including phenoxy) is 1. The third-order valence-corrected chi connectivity index (χ3v) is 4.64. The molecule has 5 nitrogen and oxygen atoms in total. The molecule has 0 radical (unpaired) electrons. The van der Waals surface area contributed by atoms with Crippen LogP contribution < -0.4 is 10.6 Å². The van der Waals surface area contributed by atoms with Crippen LogP contribution in [0.25, 0.3) is 0 Å². The van der Waals surface area contributed by atoms with Gasteiger partial charge in [-0.1, -0.05) is 13.8 Å². The Morgan fingerprint density at radius 2 is 2.37 bits per heavy atom. The summed E-state index contributed by atoms with van der Waals surface area (Å²) in [5.74, 6) is 0.755. The van der Waals surface area contributed by atoms with Crippen molar-refractivity contribution in [1.29, 1.82) is 0 Å². The van der Waals surface area contributed by atoms with Crippen molar-refractivity contribution in [2.24, 2.45) is 5.41 Å². The van der Waals surface area contributed by atoms with Crippen LogP contribution in [0.15, 0.2) is 0 Å². The highest BCUT2D eigenvalue weighted by molar-refractivity contribution is 7.09. The minimum absolute atomic E-state index is 0.0453. The Bertz CT molecular complexity index is 407. The lowest BCUT2D eigenvalue weighted by Crippen LogP contribution is -2.50. The summed E-state index contributed by atoms with van der Waals surface area (Å²) in [4.78, 5) is 4.46. The van der Waals surface area contributed by atoms with Gasteiger partial charge in [0, 0.05) is 31.2 Å². The van der Waals surface area contributed by atoms with Crippen LogP contribution in [0, 0.1) is 5.41 Å². The van der Waals surface area contributed by atoms with E-state index >= 15 is 0 Å². The summed E-state index contributed by atoms with van der Waals surface area (Å²) in [5, 5.41) is 7.86. The molecule has 0 saturated carbocycles. The van der Waals surface area contributed by atoms with Crippen molar-refractivity contribution in [3.63, 3.8) is 0 Å². The zero-order valence-corrected chi connectivity index (χ0v) is 13.0. The molecule has 1 aliphatic heterocycles. The average Bonchev–Trinajstić information content (AvgIpc) is 2.85. The zero-order valence-electron chi connectivity index (χ0n) is 12.2. The second-order valence-electron chi connectivity index (χ2n) is 5.82. The monoisotopic (exact) mass is 284 g/mol. The van der Waals surface area contributed by atoms with Gasteiger partial charge in [-0.05, 0) is 31.7 Å². The smallest absolute Gasteiger partial charge is 0.202 e. The molecule has 2 rings (SSSR count). The molecule has 0 aliphatic carbocycles. The SMILES string of the molecule is COC(C)c1nsc(NCC2NCCCC2(C)C)n1. The zero-order chi connectivity index (χ0) is 13.9. The van der Waals surface area contributed by atoms with Gasteiger partial charge in [0.1, 0.15) is 6.10 Å². The van der Waals surface area contributed by atoms with Crippen LogP contribution in [0.4, 0.5) is 5.13 Å². The molecule has 1 aromatic heterocycles. The van der Waals surface area contributed by atoms with Gasteiger partial charge >= 0.3 is 0 Å². The predicted molar refractivity (Wildman–Crippen MR) is 78.6 cm³/mol. The fraction of sp³-hybridized carbons (Fsp3) is 0.846. The Kier molecular flexibility index (Phi) is 4.76. The highest BCUT2D eigenvalue weighted by Gasteiger charge is 2.31. The first-order chi connectivity index (χ1) is 9.03. The first-order valence-corrected chi connectivity index (χ1v) is 7.64. The van der Waals surface area contributed by atoms with Gasteiger partial charge in [0.25, 0.3) is 0 Å². The highest BCUT2D eigenvalue weighted by atomic mass is 32.1. The van der Waals surface area contributed by atoms with E-state index in [1.165, 1.54) is 24.4 Å². The molecule has 1 saturated heterocycles. The topological polar surface area (TPSA) is 59.1 Å². The molecule has 0 aromatic carbocycles. The lowest BCUT2D eigenvalue weighted by atomic mass is 9.77. The largest absolute Gasteiger partial charge is 0.374 e. The molecule has 108 valence electrons. The van der Waals surface area contributed by atoms with E-state index in [1.807, 2.05) is 6.92 Å². The maximum Gasteiger partial charge on any atom is 0.202 e. The Hall–Kier alpha value is -0.720. The minimum atomic E-state index is -0.0453. The van der Waals surface area contributed by atoms with Crippen molar-refractivity contribution in [3.05, 3.63) is 5.82 Å². The second-order valence-corrected chi connectivity index (χ2v) is 6.57. The highest BCUT2D eigenvalue weighted by Crippen LogP contribution is 2.30. The summed E-state index contributed by atoms with van der Waals surface area (Å²) >= 11 is 1.40. The van der Waals surface area contributed by atoms with Crippen LogP contribution >= 0.6 is 11.5 Å². The van der Waals surface area contributed by atoms with E-state index in [1.54, 1.807) is 7.11 Å². The Morgan fingerprint density at radius 1 is 1.58 bits per heavy atom. The third-order valence-electron chi connectivity index (χ3n) is 3.95. The maximum atomic E-state index is 5.22. The normalized spacial score (nSPS) is 24.1. The number of aromatic nitrogens is 2. The third kappa shape index (κ3) is 3.64. The molecule has 2 heterocycles. The van der Waals surface area contributed by atoms with Crippen molar-refractivity contribution in [2.75, 3.05) is 25.5 Å². The molecule has 0 spiro atoms. The van der Waals surface area contributed by atoms with Gasteiger partial charge in [-0.25, -0.2) is 4.98 Å². The number of piperidine rings is 1. The molecule has 2 unspecified atom stereocenters. The number of nitrogens with zero attached hydrogens (tertiary/aromatic N) is 2. The maximum absolute atomic E-state index is 5.22. The first kappa shape index (κ1) is 14.7. The molecular weight excluding hydrogens is 260 g/mol. The van der Waals surface area contributed by atoms with E-state index < -0.39 is 0 Å². The number of rotatable bonds is 5. The summed E-state index contributed by atoms with van der Waals surface area (Å²) in [5.41, 5.74) is 0.332. The number of hydrogen-bond donors (Lipinski definition) is 2. The van der Waals surface area contributed by atoms with Crippen LogP contribution in [0.2, 0.25) is 0 Å². The Morgan fingerprint density at radius 3 is 3.05 bits per heavy atom.